The Hall–Kier alpha value is -2.24. The molecule has 1 amide bonds. The van der Waals surface area contributed by atoms with E-state index in [4.69, 9.17) is 4.74 Å². The number of aromatic nitrogens is 2. The fourth-order valence-corrected chi connectivity index (χ4v) is 3.02. The third kappa shape index (κ3) is 3.80. The molecule has 0 radical (unpaired) electrons. The molecule has 0 spiro atoms. The molecule has 1 N–H and O–H groups in total. The number of amides is 1. The predicted molar refractivity (Wildman–Crippen MR) is 95.2 cm³/mol. The number of nitrogens with zero attached hydrogens (tertiary/aromatic N) is 3. The van der Waals surface area contributed by atoms with Gasteiger partial charge in [0.1, 0.15) is 5.60 Å². The Morgan fingerprint density at radius 1 is 1.29 bits per heavy atom. The Labute approximate surface area is 142 Å². The lowest BCUT2D eigenvalue weighted by Crippen LogP contribution is -2.44. The third-order valence-electron chi connectivity index (χ3n) is 4.26. The molecule has 2 aromatic rings. The van der Waals surface area contributed by atoms with Crippen molar-refractivity contribution in [3.8, 4) is 0 Å². The van der Waals surface area contributed by atoms with Gasteiger partial charge in [-0.1, -0.05) is 0 Å². The molecule has 0 unspecified atom stereocenters. The first kappa shape index (κ1) is 16.6. The maximum atomic E-state index is 12.1. The van der Waals surface area contributed by atoms with Crippen molar-refractivity contribution in [3.05, 3.63) is 24.4 Å². The van der Waals surface area contributed by atoms with Crippen LogP contribution in [0.1, 0.15) is 33.6 Å². The Morgan fingerprint density at radius 2 is 2.00 bits per heavy atom. The van der Waals surface area contributed by atoms with E-state index in [0.717, 1.165) is 42.5 Å². The van der Waals surface area contributed by atoms with Crippen LogP contribution in [0, 0.1) is 0 Å². The van der Waals surface area contributed by atoms with E-state index in [2.05, 4.69) is 28.6 Å². The fraction of sp³-hybridized carbons (Fsp3) is 0.556. The topological polar surface area (TPSA) is 59.4 Å². The van der Waals surface area contributed by atoms with E-state index < -0.39 is 5.60 Å². The van der Waals surface area contributed by atoms with E-state index in [9.17, 15) is 4.79 Å². The summed E-state index contributed by atoms with van der Waals surface area (Å²) in [5.74, 6) is 0. The highest BCUT2D eigenvalue weighted by Crippen LogP contribution is 2.22. The van der Waals surface area contributed by atoms with E-state index >= 15 is 0 Å². The molecule has 1 aliphatic rings. The molecular formula is C18H26N4O2. The molecule has 2 heterocycles. The van der Waals surface area contributed by atoms with Crippen LogP contribution in [0.3, 0.4) is 0 Å². The molecule has 1 aromatic carbocycles. The van der Waals surface area contributed by atoms with Crippen LogP contribution >= 0.6 is 0 Å². The second-order valence-electron chi connectivity index (χ2n) is 7.43. The SMILES string of the molecule is Cn1ncc2cc(NC3CCN(C(=O)OC(C)(C)C)CC3)ccc21. The summed E-state index contributed by atoms with van der Waals surface area (Å²) in [6.45, 7) is 7.14. The van der Waals surface area contributed by atoms with Gasteiger partial charge < -0.3 is 15.0 Å². The Kier molecular flexibility index (Phi) is 4.39. The molecule has 0 aliphatic carbocycles. The van der Waals surface area contributed by atoms with Crippen LogP contribution in [-0.4, -0.2) is 45.5 Å². The minimum atomic E-state index is -0.439. The number of hydrogen-bond donors (Lipinski definition) is 1. The highest BCUT2D eigenvalue weighted by Gasteiger charge is 2.26. The molecule has 130 valence electrons. The second kappa shape index (κ2) is 6.34. The van der Waals surface area contributed by atoms with Crippen LogP contribution in [0.25, 0.3) is 10.9 Å². The van der Waals surface area contributed by atoms with Crippen molar-refractivity contribution < 1.29 is 9.53 Å². The first-order valence-electron chi connectivity index (χ1n) is 8.48. The Bertz CT molecular complexity index is 724. The van der Waals surface area contributed by atoms with Gasteiger partial charge in [-0.15, -0.1) is 0 Å². The van der Waals surface area contributed by atoms with Gasteiger partial charge in [-0.3, -0.25) is 4.68 Å². The number of carbonyl (C=O) groups excluding carboxylic acids is 1. The van der Waals surface area contributed by atoms with Gasteiger partial charge in [0, 0.05) is 37.3 Å². The van der Waals surface area contributed by atoms with Crippen molar-refractivity contribution >= 4 is 22.7 Å². The largest absolute Gasteiger partial charge is 0.444 e. The van der Waals surface area contributed by atoms with Crippen molar-refractivity contribution in [3.63, 3.8) is 0 Å². The highest BCUT2D eigenvalue weighted by atomic mass is 16.6. The summed E-state index contributed by atoms with van der Waals surface area (Å²) < 4.78 is 7.31. The van der Waals surface area contributed by atoms with Crippen molar-refractivity contribution in [1.29, 1.82) is 0 Å². The van der Waals surface area contributed by atoms with Gasteiger partial charge in [0.15, 0.2) is 0 Å². The van der Waals surface area contributed by atoms with E-state index in [1.165, 1.54) is 0 Å². The number of ether oxygens (including phenoxy) is 1. The second-order valence-corrected chi connectivity index (χ2v) is 7.43. The van der Waals surface area contributed by atoms with Crippen molar-refractivity contribution in [2.45, 2.75) is 45.3 Å². The number of nitrogens with one attached hydrogen (secondary N) is 1. The Balaban J connectivity index is 1.55. The standard InChI is InChI=1S/C18H26N4O2/c1-18(2,3)24-17(23)22-9-7-14(8-10-22)20-15-5-6-16-13(11-15)12-19-21(16)4/h5-6,11-12,14,20H,7-10H2,1-4H3. The van der Waals surface area contributed by atoms with Crippen molar-refractivity contribution in [2.24, 2.45) is 7.05 Å². The average molecular weight is 330 g/mol. The summed E-state index contributed by atoms with van der Waals surface area (Å²) >= 11 is 0. The smallest absolute Gasteiger partial charge is 0.410 e. The summed E-state index contributed by atoms with van der Waals surface area (Å²) in [5.41, 5.74) is 1.79. The van der Waals surface area contributed by atoms with Crippen LogP contribution in [-0.2, 0) is 11.8 Å². The monoisotopic (exact) mass is 330 g/mol. The normalized spacial score (nSPS) is 16.4. The number of fused-ring (bicyclic) bond motifs is 1. The number of carbonyl (C=O) groups is 1. The number of aryl methyl sites for hydroxylation is 1. The first-order chi connectivity index (χ1) is 11.3. The van der Waals surface area contributed by atoms with E-state index in [0.29, 0.717) is 6.04 Å². The zero-order chi connectivity index (χ0) is 17.3. The van der Waals surface area contributed by atoms with Crippen LogP contribution in [0.4, 0.5) is 10.5 Å². The lowest BCUT2D eigenvalue weighted by molar-refractivity contribution is 0.0210. The van der Waals surface area contributed by atoms with Crippen LogP contribution in [0.2, 0.25) is 0 Å². The van der Waals surface area contributed by atoms with Crippen LogP contribution in [0.15, 0.2) is 24.4 Å². The summed E-state index contributed by atoms with van der Waals surface area (Å²) in [5, 5.41) is 8.98. The molecule has 1 aromatic heterocycles. The van der Waals surface area contributed by atoms with Gasteiger partial charge in [-0.05, 0) is 51.8 Å². The van der Waals surface area contributed by atoms with Gasteiger partial charge >= 0.3 is 6.09 Å². The molecule has 3 rings (SSSR count). The summed E-state index contributed by atoms with van der Waals surface area (Å²) in [6, 6.07) is 6.67. The molecular weight excluding hydrogens is 304 g/mol. The van der Waals surface area contributed by atoms with Crippen molar-refractivity contribution in [2.75, 3.05) is 18.4 Å². The molecule has 1 saturated heterocycles. The minimum Gasteiger partial charge on any atom is -0.444 e. The van der Waals surface area contributed by atoms with Gasteiger partial charge in [-0.25, -0.2) is 4.79 Å². The quantitative estimate of drug-likeness (QED) is 0.917. The molecule has 0 saturated carbocycles. The summed E-state index contributed by atoms with van der Waals surface area (Å²) in [7, 11) is 1.95. The van der Waals surface area contributed by atoms with E-state index in [1.807, 2.05) is 38.7 Å². The molecule has 6 heteroatoms. The lowest BCUT2D eigenvalue weighted by atomic mass is 10.0. The number of likely N-dealkylation sites (tertiary alicyclic amines) is 1. The zero-order valence-electron chi connectivity index (χ0n) is 14.9. The third-order valence-corrected chi connectivity index (χ3v) is 4.26. The number of piperidine rings is 1. The van der Waals surface area contributed by atoms with Gasteiger partial charge in [-0.2, -0.15) is 5.10 Å². The summed E-state index contributed by atoms with van der Waals surface area (Å²) in [6.07, 6.45) is 3.51. The average Bonchev–Trinajstić information content (AvgIpc) is 2.87. The zero-order valence-corrected chi connectivity index (χ0v) is 14.9. The van der Waals surface area contributed by atoms with Crippen LogP contribution in [0.5, 0.6) is 0 Å². The lowest BCUT2D eigenvalue weighted by Gasteiger charge is -2.34. The number of benzene rings is 1. The number of hydrogen-bond acceptors (Lipinski definition) is 4. The fourth-order valence-electron chi connectivity index (χ4n) is 3.02. The van der Waals surface area contributed by atoms with Gasteiger partial charge in [0.05, 0.1) is 11.7 Å². The van der Waals surface area contributed by atoms with Crippen molar-refractivity contribution in [1.82, 2.24) is 14.7 Å². The summed E-state index contributed by atoms with van der Waals surface area (Å²) in [4.78, 5) is 13.9. The predicted octanol–water partition coefficient (Wildman–Crippen LogP) is 3.38. The number of anilines is 1. The molecule has 1 fully saturated rings. The van der Waals surface area contributed by atoms with Gasteiger partial charge in [0.25, 0.3) is 0 Å². The molecule has 24 heavy (non-hydrogen) atoms. The first-order valence-corrected chi connectivity index (χ1v) is 8.48. The van der Waals surface area contributed by atoms with E-state index in [1.54, 1.807) is 4.90 Å². The molecule has 0 atom stereocenters. The van der Waals surface area contributed by atoms with E-state index in [-0.39, 0.29) is 6.09 Å². The minimum absolute atomic E-state index is 0.210. The maximum Gasteiger partial charge on any atom is 0.410 e. The van der Waals surface area contributed by atoms with Crippen LogP contribution < -0.4 is 5.32 Å². The Morgan fingerprint density at radius 3 is 2.67 bits per heavy atom. The molecule has 0 bridgehead atoms. The van der Waals surface area contributed by atoms with Gasteiger partial charge in [0.2, 0.25) is 0 Å². The molecule has 6 nitrogen and oxygen atoms in total. The molecule has 1 aliphatic heterocycles. The maximum absolute atomic E-state index is 12.1. The highest BCUT2D eigenvalue weighted by molar-refractivity contribution is 5.82. The number of rotatable bonds is 2.